The Kier molecular flexibility index (Phi) is 5.85. The molecule has 1 aromatic carbocycles. The molecule has 24 heavy (non-hydrogen) atoms. The smallest absolute Gasteiger partial charge is 0.222 e. The van der Waals surface area contributed by atoms with Crippen LogP contribution in [0.5, 0.6) is 0 Å². The van der Waals surface area contributed by atoms with Crippen molar-refractivity contribution in [3.63, 3.8) is 0 Å². The minimum atomic E-state index is -0.588. The minimum Gasteiger partial charge on any atom is -0.388 e. The molecule has 0 spiro atoms. The normalized spacial score (nSPS) is 23.4. The van der Waals surface area contributed by atoms with Crippen LogP contribution in [0.4, 0.5) is 4.39 Å². The number of piperidine rings is 1. The summed E-state index contributed by atoms with van der Waals surface area (Å²) in [5.41, 5.74) is 0.750. The van der Waals surface area contributed by atoms with Crippen LogP contribution in [0.2, 0.25) is 0 Å². The van der Waals surface area contributed by atoms with Gasteiger partial charge in [0.2, 0.25) is 5.91 Å². The summed E-state index contributed by atoms with van der Waals surface area (Å²) in [5, 5.41) is 10.5. The van der Waals surface area contributed by atoms with Gasteiger partial charge in [-0.15, -0.1) is 0 Å². The zero-order chi connectivity index (χ0) is 16.9. The summed E-state index contributed by atoms with van der Waals surface area (Å²) in [4.78, 5) is 14.2. The van der Waals surface area contributed by atoms with Crippen LogP contribution >= 0.6 is 0 Å². The van der Waals surface area contributed by atoms with Gasteiger partial charge in [0.15, 0.2) is 0 Å². The van der Waals surface area contributed by atoms with Gasteiger partial charge < -0.3 is 14.7 Å². The fraction of sp³-hybridized carbons (Fsp3) is 0.632. The van der Waals surface area contributed by atoms with Crippen LogP contribution in [0.1, 0.15) is 50.2 Å². The van der Waals surface area contributed by atoms with Gasteiger partial charge in [0.05, 0.1) is 12.2 Å². The second-order valence-electron chi connectivity index (χ2n) is 6.89. The van der Waals surface area contributed by atoms with Crippen LogP contribution in [0.3, 0.4) is 0 Å². The van der Waals surface area contributed by atoms with Crippen molar-refractivity contribution >= 4 is 5.91 Å². The molecular weight excluding hydrogens is 309 g/mol. The second-order valence-corrected chi connectivity index (χ2v) is 6.89. The molecule has 0 aromatic heterocycles. The highest BCUT2D eigenvalue weighted by Gasteiger charge is 2.28. The SMILES string of the molecule is O=C(CCC1CCCO1)N1CCC(C(O)c2ccc(F)cc2)CC1. The van der Waals surface area contributed by atoms with Gasteiger partial charge in [-0.05, 0) is 55.7 Å². The standard InChI is InChI=1S/C19H26FNO3/c20-16-5-3-14(4-6-16)19(23)15-9-11-21(12-10-15)18(22)8-7-17-2-1-13-24-17/h3-6,15,17,19,23H,1-2,7-13H2. The van der Waals surface area contributed by atoms with E-state index in [1.165, 1.54) is 12.1 Å². The van der Waals surface area contributed by atoms with Crippen LogP contribution in [-0.4, -0.2) is 41.7 Å². The lowest BCUT2D eigenvalue weighted by molar-refractivity contribution is -0.133. The maximum absolute atomic E-state index is 13.0. The lowest BCUT2D eigenvalue weighted by atomic mass is 9.87. The maximum atomic E-state index is 13.0. The predicted octanol–water partition coefficient (Wildman–Crippen LogP) is 3.06. The number of ether oxygens (including phenoxy) is 1. The van der Waals surface area contributed by atoms with E-state index in [9.17, 15) is 14.3 Å². The number of carbonyl (C=O) groups excluding carboxylic acids is 1. The highest BCUT2D eigenvalue weighted by Crippen LogP contribution is 2.31. The molecule has 1 amide bonds. The maximum Gasteiger partial charge on any atom is 0.222 e. The predicted molar refractivity (Wildman–Crippen MR) is 88.9 cm³/mol. The Labute approximate surface area is 142 Å². The van der Waals surface area contributed by atoms with Crippen molar-refractivity contribution in [2.45, 2.75) is 50.7 Å². The van der Waals surface area contributed by atoms with Crippen molar-refractivity contribution in [3.05, 3.63) is 35.6 Å². The number of benzene rings is 1. The first-order chi connectivity index (χ1) is 11.6. The van der Waals surface area contributed by atoms with E-state index in [0.29, 0.717) is 19.5 Å². The fourth-order valence-corrected chi connectivity index (χ4v) is 3.71. The Morgan fingerprint density at radius 1 is 1.25 bits per heavy atom. The number of aliphatic hydroxyl groups is 1. The van der Waals surface area contributed by atoms with Crippen LogP contribution in [-0.2, 0) is 9.53 Å². The van der Waals surface area contributed by atoms with Gasteiger partial charge in [0.25, 0.3) is 0 Å². The Balaban J connectivity index is 1.44. The number of rotatable bonds is 5. The number of nitrogens with zero attached hydrogens (tertiary/aromatic N) is 1. The van der Waals surface area contributed by atoms with E-state index in [4.69, 9.17) is 4.74 Å². The number of aliphatic hydroxyl groups excluding tert-OH is 1. The van der Waals surface area contributed by atoms with E-state index >= 15 is 0 Å². The molecule has 0 radical (unpaired) electrons. The van der Waals surface area contributed by atoms with Gasteiger partial charge in [-0.3, -0.25) is 4.79 Å². The summed E-state index contributed by atoms with van der Waals surface area (Å²) in [5.74, 6) is 0.0236. The highest BCUT2D eigenvalue weighted by atomic mass is 19.1. The number of hydrogen-bond donors (Lipinski definition) is 1. The summed E-state index contributed by atoms with van der Waals surface area (Å²) in [7, 11) is 0. The van der Waals surface area contributed by atoms with Crippen molar-refractivity contribution in [2.75, 3.05) is 19.7 Å². The average Bonchev–Trinajstić information content (AvgIpc) is 3.13. The van der Waals surface area contributed by atoms with Crippen LogP contribution in [0, 0.1) is 11.7 Å². The summed E-state index contributed by atoms with van der Waals surface area (Å²) in [6, 6.07) is 6.03. The Morgan fingerprint density at radius 2 is 1.96 bits per heavy atom. The Bertz CT molecular complexity index is 534. The molecule has 2 aliphatic heterocycles. The zero-order valence-electron chi connectivity index (χ0n) is 14.0. The molecule has 0 bridgehead atoms. The van der Waals surface area contributed by atoms with Crippen LogP contribution in [0.15, 0.2) is 24.3 Å². The lowest BCUT2D eigenvalue weighted by Gasteiger charge is -2.34. The average molecular weight is 335 g/mol. The Hall–Kier alpha value is -1.46. The third kappa shape index (κ3) is 4.33. The van der Waals surface area contributed by atoms with Crippen molar-refractivity contribution in [2.24, 2.45) is 5.92 Å². The van der Waals surface area contributed by atoms with Crippen molar-refractivity contribution < 1.29 is 19.0 Å². The van der Waals surface area contributed by atoms with E-state index in [0.717, 1.165) is 44.3 Å². The summed E-state index contributed by atoms with van der Waals surface area (Å²) < 4.78 is 18.5. The van der Waals surface area contributed by atoms with Gasteiger partial charge in [-0.2, -0.15) is 0 Å². The summed E-state index contributed by atoms with van der Waals surface area (Å²) in [6.45, 7) is 2.20. The third-order valence-corrected chi connectivity index (χ3v) is 5.25. The first kappa shape index (κ1) is 17.4. The van der Waals surface area contributed by atoms with Crippen LogP contribution < -0.4 is 0 Å². The van der Waals surface area contributed by atoms with Crippen molar-refractivity contribution in [3.8, 4) is 0 Å². The summed E-state index contributed by atoms with van der Waals surface area (Å²) in [6.07, 6.45) is 4.77. The van der Waals surface area contributed by atoms with Crippen molar-refractivity contribution in [1.82, 2.24) is 4.90 Å². The van der Waals surface area contributed by atoms with Crippen molar-refractivity contribution in [1.29, 1.82) is 0 Å². The highest BCUT2D eigenvalue weighted by molar-refractivity contribution is 5.76. The van der Waals surface area contributed by atoms with Gasteiger partial charge in [0.1, 0.15) is 5.82 Å². The molecule has 2 saturated heterocycles. The molecule has 2 atom stereocenters. The van der Waals surface area contributed by atoms with E-state index < -0.39 is 6.10 Å². The largest absolute Gasteiger partial charge is 0.388 e. The molecule has 4 nitrogen and oxygen atoms in total. The zero-order valence-corrected chi connectivity index (χ0v) is 14.0. The first-order valence-electron chi connectivity index (χ1n) is 8.96. The quantitative estimate of drug-likeness (QED) is 0.900. The Morgan fingerprint density at radius 3 is 2.58 bits per heavy atom. The monoisotopic (exact) mass is 335 g/mol. The number of hydrogen-bond acceptors (Lipinski definition) is 3. The van der Waals surface area contributed by atoms with E-state index in [2.05, 4.69) is 0 Å². The first-order valence-corrected chi connectivity index (χ1v) is 8.96. The second kappa shape index (κ2) is 8.08. The number of likely N-dealkylation sites (tertiary alicyclic amines) is 1. The van der Waals surface area contributed by atoms with Gasteiger partial charge in [-0.25, -0.2) is 4.39 Å². The minimum absolute atomic E-state index is 0.123. The number of amides is 1. The molecule has 1 N–H and O–H groups in total. The molecule has 2 aliphatic rings. The van der Waals surface area contributed by atoms with Gasteiger partial charge in [-0.1, -0.05) is 12.1 Å². The third-order valence-electron chi connectivity index (χ3n) is 5.25. The molecular formula is C19H26FNO3. The molecule has 3 rings (SSSR count). The molecule has 2 heterocycles. The van der Waals surface area contributed by atoms with Crippen LogP contribution in [0.25, 0.3) is 0 Å². The molecule has 2 unspecified atom stereocenters. The fourth-order valence-electron chi connectivity index (χ4n) is 3.71. The number of carbonyl (C=O) groups is 1. The number of halogens is 1. The van der Waals surface area contributed by atoms with E-state index in [-0.39, 0.29) is 23.7 Å². The summed E-state index contributed by atoms with van der Waals surface area (Å²) >= 11 is 0. The lowest BCUT2D eigenvalue weighted by Crippen LogP contribution is -2.40. The molecule has 0 aliphatic carbocycles. The van der Waals surface area contributed by atoms with Gasteiger partial charge >= 0.3 is 0 Å². The van der Waals surface area contributed by atoms with Gasteiger partial charge in [0, 0.05) is 26.1 Å². The van der Waals surface area contributed by atoms with E-state index in [1.54, 1.807) is 12.1 Å². The van der Waals surface area contributed by atoms with E-state index in [1.807, 2.05) is 4.90 Å². The molecule has 132 valence electrons. The molecule has 5 heteroatoms. The molecule has 2 fully saturated rings. The molecule has 1 aromatic rings. The molecule has 0 saturated carbocycles. The topological polar surface area (TPSA) is 49.8 Å².